The highest BCUT2D eigenvalue weighted by Gasteiger charge is 2.13. The van der Waals surface area contributed by atoms with Gasteiger partial charge in [0.25, 0.3) is 0 Å². The van der Waals surface area contributed by atoms with Gasteiger partial charge in [0.1, 0.15) is 0 Å². The van der Waals surface area contributed by atoms with E-state index in [2.05, 4.69) is 51.0 Å². The van der Waals surface area contributed by atoms with E-state index in [0.29, 0.717) is 0 Å². The number of nitrogens with one attached hydrogen (secondary N) is 2. The molecule has 4 N–H and O–H groups in total. The van der Waals surface area contributed by atoms with Crippen molar-refractivity contribution in [3.05, 3.63) is 68.0 Å². The second-order valence-corrected chi connectivity index (χ2v) is 6.15. The molecule has 0 saturated heterocycles. The molecule has 0 spiro atoms. The predicted molar refractivity (Wildman–Crippen MR) is 88.4 cm³/mol. The van der Waals surface area contributed by atoms with E-state index in [1.807, 2.05) is 18.2 Å². The topological polar surface area (TPSA) is 74.7 Å². The summed E-state index contributed by atoms with van der Waals surface area (Å²) in [7, 11) is 0. The van der Waals surface area contributed by atoms with Crippen LogP contribution in [0.15, 0.2) is 45.7 Å². The highest BCUT2D eigenvalue weighted by atomic mass is 79.9. The molecule has 0 fully saturated rings. The molecular formula is C16H16BrN3O. The summed E-state index contributed by atoms with van der Waals surface area (Å²) in [5.74, 6) is 0. The zero-order valence-corrected chi connectivity index (χ0v) is 13.2. The molecule has 0 radical (unpaired) electrons. The number of aromatic nitrogens is 2. The zero-order valence-electron chi connectivity index (χ0n) is 11.6. The van der Waals surface area contributed by atoms with Gasteiger partial charge in [-0.1, -0.05) is 45.8 Å². The van der Waals surface area contributed by atoms with Crippen LogP contribution in [0.2, 0.25) is 0 Å². The molecule has 0 aliphatic carbocycles. The first-order valence-electron chi connectivity index (χ1n) is 6.75. The first-order chi connectivity index (χ1) is 10.0. The fourth-order valence-electron chi connectivity index (χ4n) is 2.56. The molecule has 0 amide bonds. The van der Waals surface area contributed by atoms with E-state index in [4.69, 9.17) is 5.73 Å². The number of hydrogen-bond donors (Lipinski definition) is 3. The molecule has 21 heavy (non-hydrogen) atoms. The number of imidazole rings is 1. The number of aromatic amines is 2. The van der Waals surface area contributed by atoms with E-state index in [9.17, 15) is 4.79 Å². The predicted octanol–water partition coefficient (Wildman–Crippen LogP) is 3.17. The molecule has 0 bridgehead atoms. The maximum absolute atomic E-state index is 11.4. The van der Waals surface area contributed by atoms with Gasteiger partial charge in [0.2, 0.25) is 0 Å². The van der Waals surface area contributed by atoms with Crippen LogP contribution < -0.4 is 11.4 Å². The summed E-state index contributed by atoms with van der Waals surface area (Å²) in [5, 5.41) is 0. The lowest BCUT2D eigenvalue weighted by molar-refractivity contribution is 0.719. The Morgan fingerprint density at radius 1 is 1.19 bits per heavy atom. The fourth-order valence-corrected chi connectivity index (χ4v) is 3.20. The van der Waals surface area contributed by atoms with Crippen LogP contribution in [-0.4, -0.2) is 9.97 Å². The third kappa shape index (κ3) is 2.94. The quantitative estimate of drug-likeness (QED) is 0.681. The van der Waals surface area contributed by atoms with Gasteiger partial charge in [-0.15, -0.1) is 0 Å². The Balaban J connectivity index is 1.95. The molecule has 3 rings (SSSR count). The molecule has 0 aliphatic heterocycles. The number of hydrogen-bond acceptors (Lipinski definition) is 2. The smallest absolute Gasteiger partial charge is 0.323 e. The van der Waals surface area contributed by atoms with Crippen LogP contribution in [-0.2, 0) is 6.42 Å². The van der Waals surface area contributed by atoms with Crippen molar-refractivity contribution in [2.75, 3.05) is 0 Å². The van der Waals surface area contributed by atoms with Gasteiger partial charge in [-0.25, -0.2) is 4.79 Å². The Morgan fingerprint density at radius 3 is 2.62 bits per heavy atom. The van der Waals surface area contributed by atoms with Gasteiger partial charge in [-0.2, -0.15) is 0 Å². The lowest BCUT2D eigenvalue weighted by Gasteiger charge is -2.14. The maximum atomic E-state index is 11.4. The van der Waals surface area contributed by atoms with Gasteiger partial charge in [-0.3, -0.25) is 0 Å². The molecule has 4 nitrogen and oxygen atoms in total. The van der Waals surface area contributed by atoms with Gasteiger partial charge in [0, 0.05) is 10.5 Å². The standard InChI is InChI=1S/C16H16BrN3O/c1-9-3-2-4-10(5-9)6-13(18)11-7-14-15(8-12(11)17)20-16(21)19-14/h2-5,7-8,13H,6,18H2,1H3,(H2,19,20,21). The molecule has 0 aliphatic rings. The number of halogens is 1. The number of nitrogens with two attached hydrogens (primary N) is 1. The molecule has 2 aromatic carbocycles. The third-order valence-corrected chi connectivity index (χ3v) is 4.26. The van der Waals surface area contributed by atoms with Crippen LogP contribution in [0.4, 0.5) is 0 Å². The van der Waals surface area contributed by atoms with Crippen molar-refractivity contribution in [3.63, 3.8) is 0 Å². The summed E-state index contributed by atoms with van der Waals surface area (Å²) >= 11 is 3.54. The minimum Gasteiger partial charge on any atom is -0.324 e. The van der Waals surface area contributed by atoms with Gasteiger partial charge >= 0.3 is 5.69 Å². The SMILES string of the molecule is Cc1cccc(CC(N)c2cc3[nH]c(=O)[nH]c3cc2Br)c1. The lowest BCUT2D eigenvalue weighted by Crippen LogP contribution is -2.14. The molecular weight excluding hydrogens is 330 g/mol. The molecule has 1 heterocycles. The van der Waals surface area contributed by atoms with E-state index < -0.39 is 0 Å². The minimum absolute atomic E-state index is 0.135. The van der Waals surface area contributed by atoms with Gasteiger partial charge in [0.15, 0.2) is 0 Å². The minimum atomic E-state index is -0.207. The highest BCUT2D eigenvalue weighted by molar-refractivity contribution is 9.10. The summed E-state index contributed by atoms with van der Waals surface area (Å²) in [5.41, 5.74) is 11.1. The lowest BCUT2D eigenvalue weighted by atomic mass is 9.98. The number of benzene rings is 2. The summed E-state index contributed by atoms with van der Waals surface area (Å²) < 4.78 is 0.908. The normalized spacial score (nSPS) is 12.7. The van der Waals surface area contributed by atoms with Crippen molar-refractivity contribution in [3.8, 4) is 0 Å². The van der Waals surface area contributed by atoms with Crippen LogP contribution in [0.1, 0.15) is 22.7 Å². The number of aryl methyl sites for hydroxylation is 1. The van der Waals surface area contributed by atoms with Crippen molar-refractivity contribution in [2.45, 2.75) is 19.4 Å². The Bertz CT molecular complexity index is 850. The highest BCUT2D eigenvalue weighted by Crippen LogP contribution is 2.28. The largest absolute Gasteiger partial charge is 0.324 e. The Morgan fingerprint density at radius 2 is 1.90 bits per heavy atom. The first kappa shape index (κ1) is 14.1. The van der Waals surface area contributed by atoms with Crippen LogP contribution in [0.3, 0.4) is 0 Å². The Labute approximate surface area is 130 Å². The average Bonchev–Trinajstić information content (AvgIpc) is 2.76. The maximum Gasteiger partial charge on any atom is 0.323 e. The second-order valence-electron chi connectivity index (χ2n) is 5.30. The van der Waals surface area contributed by atoms with Crippen molar-refractivity contribution >= 4 is 27.0 Å². The van der Waals surface area contributed by atoms with Crippen LogP contribution >= 0.6 is 15.9 Å². The Kier molecular flexibility index (Phi) is 3.69. The van der Waals surface area contributed by atoms with E-state index in [0.717, 1.165) is 27.5 Å². The van der Waals surface area contributed by atoms with E-state index in [-0.39, 0.29) is 11.7 Å². The van der Waals surface area contributed by atoms with Crippen molar-refractivity contribution in [1.82, 2.24) is 9.97 Å². The molecule has 5 heteroatoms. The molecule has 3 aromatic rings. The van der Waals surface area contributed by atoms with Crippen molar-refractivity contribution < 1.29 is 0 Å². The van der Waals surface area contributed by atoms with Crippen LogP contribution in [0.25, 0.3) is 11.0 Å². The molecule has 1 atom stereocenters. The number of H-pyrrole nitrogens is 2. The van der Waals surface area contributed by atoms with Crippen molar-refractivity contribution in [1.29, 1.82) is 0 Å². The third-order valence-electron chi connectivity index (χ3n) is 3.57. The first-order valence-corrected chi connectivity index (χ1v) is 7.55. The van der Waals surface area contributed by atoms with Gasteiger partial charge in [-0.05, 0) is 36.6 Å². The van der Waals surface area contributed by atoms with Gasteiger partial charge in [0.05, 0.1) is 11.0 Å². The Hall–Kier alpha value is -1.85. The van der Waals surface area contributed by atoms with E-state index in [1.165, 1.54) is 11.1 Å². The van der Waals surface area contributed by atoms with E-state index >= 15 is 0 Å². The van der Waals surface area contributed by atoms with Crippen LogP contribution in [0.5, 0.6) is 0 Å². The fraction of sp³-hybridized carbons (Fsp3) is 0.188. The van der Waals surface area contributed by atoms with Gasteiger partial charge < -0.3 is 15.7 Å². The summed E-state index contributed by atoms with van der Waals surface area (Å²) in [6.07, 6.45) is 0.750. The second kappa shape index (κ2) is 5.50. The number of rotatable bonds is 3. The zero-order chi connectivity index (χ0) is 15.0. The molecule has 1 aromatic heterocycles. The monoisotopic (exact) mass is 345 g/mol. The molecule has 0 saturated carbocycles. The summed E-state index contributed by atoms with van der Waals surface area (Å²) in [6.45, 7) is 2.07. The molecule has 1 unspecified atom stereocenters. The summed E-state index contributed by atoms with van der Waals surface area (Å²) in [4.78, 5) is 16.9. The van der Waals surface area contributed by atoms with E-state index in [1.54, 1.807) is 0 Å². The summed E-state index contributed by atoms with van der Waals surface area (Å²) in [6, 6.07) is 12.0. The number of fused-ring (bicyclic) bond motifs is 1. The van der Waals surface area contributed by atoms with Crippen LogP contribution in [0, 0.1) is 6.92 Å². The molecule has 108 valence electrons. The average molecular weight is 346 g/mol. The van der Waals surface area contributed by atoms with Crippen molar-refractivity contribution in [2.24, 2.45) is 5.73 Å².